The molecule has 0 radical (unpaired) electrons. The number of aromatic nitrogens is 2. The predicted octanol–water partition coefficient (Wildman–Crippen LogP) is 3.25. The van der Waals surface area contributed by atoms with Gasteiger partial charge in [0.2, 0.25) is 0 Å². The van der Waals surface area contributed by atoms with Gasteiger partial charge in [-0.15, -0.1) is 0 Å². The number of alkyl halides is 3. The first kappa shape index (κ1) is 13.5. The molecule has 0 saturated heterocycles. The lowest BCUT2D eigenvalue weighted by molar-refractivity contribution is -0.137. The van der Waals surface area contributed by atoms with Crippen molar-refractivity contribution in [2.45, 2.75) is 19.5 Å². The fraction of sp³-hybridized carbons (Fsp3) is 0.308. The van der Waals surface area contributed by atoms with E-state index in [1.54, 1.807) is 7.05 Å². The molecule has 3 nitrogen and oxygen atoms in total. The Kier molecular flexibility index (Phi) is 3.26. The van der Waals surface area contributed by atoms with Crippen LogP contribution in [0.25, 0.3) is 11.3 Å². The van der Waals surface area contributed by atoms with Crippen molar-refractivity contribution in [2.24, 2.45) is 7.05 Å². The summed E-state index contributed by atoms with van der Waals surface area (Å²) in [5.41, 5.74) is 7.32. The molecular formula is C13H14F3N3. The van der Waals surface area contributed by atoms with Gasteiger partial charge >= 0.3 is 6.18 Å². The molecule has 1 aromatic heterocycles. The molecule has 0 saturated carbocycles. The quantitative estimate of drug-likeness (QED) is 0.909. The van der Waals surface area contributed by atoms with E-state index in [-0.39, 0.29) is 0 Å². The zero-order valence-corrected chi connectivity index (χ0v) is 10.6. The van der Waals surface area contributed by atoms with E-state index < -0.39 is 11.7 Å². The summed E-state index contributed by atoms with van der Waals surface area (Å²) >= 11 is 0. The van der Waals surface area contributed by atoms with Gasteiger partial charge in [-0.05, 0) is 18.6 Å². The number of nitrogens with two attached hydrogens (primary N) is 1. The Hall–Kier alpha value is -1.98. The number of nitrogens with zero attached hydrogens (tertiary/aromatic N) is 2. The lowest BCUT2D eigenvalue weighted by atomic mass is 10.0. The van der Waals surface area contributed by atoms with Crippen LogP contribution in [-0.2, 0) is 19.6 Å². The summed E-state index contributed by atoms with van der Waals surface area (Å²) in [4.78, 5) is 0. The number of nitrogen functional groups attached to an aromatic ring is 1. The fourth-order valence-electron chi connectivity index (χ4n) is 1.98. The summed E-state index contributed by atoms with van der Waals surface area (Å²) in [6.07, 6.45) is -3.65. The van der Waals surface area contributed by atoms with Crippen LogP contribution in [0, 0.1) is 0 Å². The zero-order valence-electron chi connectivity index (χ0n) is 10.6. The van der Waals surface area contributed by atoms with E-state index in [2.05, 4.69) is 5.10 Å². The van der Waals surface area contributed by atoms with Crippen LogP contribution < -0.4 is 5.73 Å². The number of rotatable bonds is 2. The third-order valence-corrected chi connectivity index (χ3v) is 3.03. The van der Waals surface area contributed by atoms with E-state index in [1.807, 2.05) is 6.92 Å². The molecule has 0 amide bonds. The predicted molar refractivity (Wildman–Crippen MR) is 67.4 cm³/mol. The van der Waals surface area contributed by atoms with Gasteiger partial charge in [0.05, 0.1) is 11.3 Å². The van der Waals surface area contributed by atoms with Gasteiger partial charge in [-0.1, -0.05) is 19.1 Å². The van der Waals surface area contributed by atoms with Gasteiger partial charge in [0.15, 0.2) is 0 Å². The Balaban J connectivity index is 2.46. The average Bonchev–Trinajstić information content (AvgIpc) is 2.64. The summed E-state index contributed by atoms with van der Waals surface area (Å²) < 4.78 is 39.0. The molecule has 2 N–H and O–H groups in total. The molecule has 0 fully saturated rings. The summed E-state index contributed by atoms with van der Waals surface area (Å²) in [6, 6.07) is 4.95. The third-order valence-electron chi connectivity index (χ3n) is 3.03. The molecule has 0 aliphatic heterocycles. The maximum absolute atomic E-state index is 12.5. The minimum absolute atomic E-state index is 0.539. The molecule has 6 heteroatoms. The molecule has 0 aliphatic carbocycles. The van der Waals surface area contributed by atoms with E-state index in [4.69, 9.17) is 5.73 Å². The molecule has 1 aromatic carbocycles. The Labute approximate surface area is 108 Å². The van der Waals surface area contributed by atoms with Crippen LogP contribution in [0.2, 0.25) is 0 Å². The highest BCUT2D eigenvalue weighted by atomic mass is 19.4. The third kappa shape index (κ3) is 2.43. The van der Waals surface area contributed by atoms with Crippen LogP contribution in [0.4, 0.5) is 19.0 Å². The van der Waals surface area contributed by atoms with Gasteiger partial charge in [0.1, 0.15) is 5.82 Å². The van der Waals surface area contributed by atoms with Crippen molar-refractivity contribution in [3.63, 3.8) is 0 Å². The van der Waals surface area contributed by atoms with Crippen molar-refractivity contribution in [1.82, 2.24) is 9.78 Å². The Bertz CT molecular complexity index is 582. The Morgan fingerprint density at radius 2 is 1.79 bits per heavy atom. The monoisotopic (exact) mass is 269 g/mol. The largest absolute Gasteiger partial charge is 0.416 e. The number of hydrogen-bond donors (Lipinski definition) is 1. The highest BCUT2D eigenvalue weighted by molar-refractivity contribution is 5.68. The molecule has 102 valence electrons. The standard InChI is InChI=1S/C13H14F3N3/c1-3-10-11(18-19(2)12(10)17)8-4-6-9(7-5-8)13(14,15)16/h4-7H,3,17H2,1-2H3. The van der Waals surface area contributed by atoms with Crippen LogP contribution in [0.3, 0.4) is 0 Å². The summed E-state index contributed by atoms with van der Waals surface area (Å²) in [5, 5.41) is 4.25. The van der Waals surface area contributed by atoms with Crippen molar-refractivity contribution >= 4 is 5.82 Å². The maximum Gasteiger partial charge on any atom is 0.416 e. The van der Waals surface area contributed by atoms with E-state index >= 15 is 0 Å². The van der Waals surface area contributed by atoms with Gasteiger partial charge in [-0.2, -0.15) is 18.3 Å². The first-order chi connectivity index (χ1) is 8.84. The molecule has 0 bridgehead atoms. The van der Waals surface area contributed by atoms with Crippen molar-refractivity contribution in [3.05, 3.63) is 35.4 Å². The summed E-state index contributed by atoms with van der Waals surface area (Å²) in [6.45, 7) is 1.93. The second kappa shape index (κ2) is 4.60. The second-order valence-corrected chi connectivity index (χ2v) is 4.26. The molecule has 0 spiro atoms. The van der Waals surface area contributed by atoms with Crippen molar-refractivity contribution in [2.75, 3.05) is 5.73 Å². The highest BCUT2D eigenvalue weighted by Gasteiger charge is 2.30. The molecule has 0 atom stereocenters. The molecule has 19 heavy (non-hydrogen) atoms. The van der Waals surface area contributed by atoms with E-state index in [1.165, 1.54) is 16.8 Å². The van der Waals surface area contributed by atoms with Gasteiger partial charge in [-0.3, -0.25) is 4.68 Å². The lowest BCUT2D eigenvalue weighted by Crippen LogP contribution is -2.04. The topological polar surface area (TPSA) is 43.8 Å². The summed E-state index contributed by atoms with van der Waals surface area (Å²) in [7, 11) is 1.71. The van der Waals surface area contributed by atoms with Gasteiger partial charge in [0, 0.05) is 18.2 Å². The van der Waals surface area contributed by atoms with Gasteiger partial charge in [-0.25, -0.2) is 0 Å². The molecule has 0 unspecified atom stereocenters. The van der Waals surface area contributed by atoms with Gasteiger partial charge < -0.3 is 5.73 Å². The maximum atomic E-state index is 12.5. The SMILES string of the molecule is CCc1c(-c2ccc(C(F)(F)F)cc2)nn(C)c1N. The molecule has 2 aromatic rings. The van der Waals surface area contributed by atoms with E-state index in [0.717, 1.165) is 17.7 Å². The minimum Gasteiger partial charge on any atom is -0.384 e. The first-order valence-corrected chi connectivity index (χ1v) is 5.83. The van der Waals surface area contributed by atoms with Crippen molar-refractivity contribution in [1.29, 1.82) is 0 Å². The van der Waals surface area contributed by atoms with Crippen LogP contribution >= 0.6 is 0 Å². The number of aryl methyl sites for hydroxylation is 1. The zero-order chi connectivity index (χ0) is 14.2. The lowest BCUT2D eigenvalue weighted by Gasteiger charge is -2.07. The van der Waals surface area contributed by atoms with Crippen molar-refractivity contribution in [3.8, 4) is 11.3 Å². The second-order valence-electron chi connectivity index (χ2n) is 4.26. The highest BCUT2D eigenvalue weighted by Crippen LogP contribution is 2.32. The van der Waals surface area contributed by atoms with Crippen LogP contribution in [0.5, 0.6) is 0 Å². The molecule has 2 rings (SSSR count). The number of halogens is 3. The smallest absolute Gasteiger partial charge is 0.384 e. The van der Waals surface area contributed by atoms with Crippen LogP contribution in [0.1, 0.15) is 18.1 Å². The van der Waals surface area contributed by atoms with Crippen LogP contribution in [-0.4, -0.2) is 9.78 Å². The molecule has 0 aliphatic rings. The first-order valence-electron chi connectivity index (χ1n) is 5.83. The van der Waals surface area contributed by atoms with Crippen molar-refractivity contribution < 1.29 is 13.2 Å². The summed E-state index contributed by atoms with van der Waals surface area (Å²) in [5.74, 6) is 0.539. The van der Waals surface area contributed by atoms with Crippen LogP contribution in [0.15, 0.2) is 24.3 Å². The van der Waals surface area contributed by atoms with Gasteiger partial charge in [0.25, 0.3) is 0 Å². The van der Waals surface area contributed by atoms with E-state index in [0.29, 0.717) is 23.5 Å². The van der Waals surface area contributed by atoms with E-state index in [9.17, 15) is 13.2 Å². The normalized spacial score (nSPS) is 11.8. The number of anilines is 1. The number of benzene rings is 1. The Morgan fingerprint density at radius 1 is 1.21 bits per heavy atom. The fourth-order valence-corrected chi connectivity index (χ4v) is 1.98. The number of hydrogen-bond acceptors (Lipinski definition) is 2. The molecule has 1 heterocycles. The molecular weight excluding hydrogens is 255 g/mol. The Morgan fingerprint density at radius 3 is 2.26 bits per heavy atom. The minimum atomic E-state index is -4.32. The average molecular weight is 269 g/mol.